The number of carbonyl (C=O) groups is 3. The van der Waals surface area contributed by atoms with Gasteiger partial charge >= 0.3 is 6.09 Å². The molecule has 1 heterocycles. The number of nitrogens with zero attached hydrogens (tertiary/aromatic N) is 1. The zero-order valence-corrected chi connectivity index (χ0v) is 23.3. The zero-order chi connectivity index (χ0) is 28.9. The largest absolute Gasteiger partial charge is 0.446 e. The summed E-state index contributed by atoms with van der Waals surface area (Å²) in [6, 6.07) is 25.6. The van der Waals surface area contributed by atoms with E-state index in [-0.39, 0.29) is 24.5 Å². The molecule has 4 rings (SSSR count). The van der Waals surface area contributed by atoms with E-state index >= 15 is 0 Å². The summed E-state index contributed by atoms with van der Waals surface area (Å²) in [5.41, 5.74) is 9.98. The number of piperidine rings is 1. The quantitative estimate of drug-likeness (QED) is 0.254. The molecule has 0 spiro atoms. The summed E-state index contributed by atoms with van der Waals surface area (Å²) < 4.78 is 5.72. The van der Waals surface area contributed by atoms with Crippen molar-refractivity contribution >= 4 is 23.6 Å². The van der Waals surface area contributed by atoms with Gasteiger partial charge in [0.25, 0.3) is 0 Å². The Hall–Kier alpha value is -4.21. The molecule has 0 radical (unpaired) electrons. The van der Waals surface area contributed by atoms with Crippen LogP contribution < -0.4 is 21.7 Å². The third-order valence-electron chi connectivity index (χ3n) is 7.10. The topological polar surface area (TPSA) is 126 Å². The number of rotatable bonds is 13. The molecule has 0 aliphatic carbocycles. The van der Waals surface area contributed by atoms with E-state index < -0.39 is 6.09 Å². The van der Waals surface area contributed by atoms with Gasteiger partial charge in [0, 0.05) is 44.7 Å². The minimum atomic E-state index is -0.437. The van der Waals surface area contributed by atoms with Crippen molar-refractivity contribution in [1.29, 1.82) is 0 Å². The van der Waals surface area contributed by atoms with Crippen LogP contribution in [0.4, 0.5) is 10.5 Å². The number of anilines is 1. The number of primary amides is 1. The van der Waals surface area contributed by atoms with Crippen LogP contribution >= 0.6 is 0 Å². The molecule has 1 aliphatic rings. The summed E-state index contributed by atoms with van der Waals surface area (Å²) in [7, 11) is 0. The summed E-state index contributed by atoms with van der Waals surface area (Å²) in [5.74, 6) is -0.351. The van der Waals surface area contributed by atoms with Crippen LogP contribution in [0.1, 0.15) is 30.4 Å². The Bertz CT molecular complexity index is 1270. The molecule has 3 aromatic carbocycles. The maximum atomic E-state index is 12.6. The predicted octanol–water partition coefficient (Wildman–Crippen LogP) is 3.69. The first-order chi connectivity index (χ1) is 20.0. The van der Waals surface area contributed by atoms with Gasteiger partial charge in [-0.25, -0.2) is 4.79 Å². The second-order valence-electron chi connectivity index (χ2n) is 10.2. The van der Waals surface area contributed by atoms with E-state index in [4.69, 9.17) is 10.5 Å². The van der Waals surface area contributed by atoms with Crippen LogP contribution in [0.15, 0.2) is 78.9 Å². The highest BCUT2D eigenvalue weighted by atomic mass is 16.6. The fourth-order valence-corrected chi connectivity index (χ4v) is 4.86. The number of nitrogens with one attached hydrogen (secondary N) is 3. The predicted molar refractivity (Wildman–Crippen MR) is 160 cm³/mol. The van der Waals surface area contributed by atoms with E-state index in [9.17, 15) is 14.4 Å². The first-order valence-corrected chi connectivity index (χ1v) is 14.1. The smallest absolute Gasteiger partial charge is 0.411 e. The number of ether oxygens (including phenoxy) is 1. The van der Waals surface area contributed by atoms with Crippen LogP contribution in [0.3, 0.4) is 0 Å². The van der Waals surface area contributed by atoms with Crippen LogP contribution in [0.2, 0.25) is 0 Å². The van der Waals surface area contributed by atoms with E-state index in [2.05, 4.69) is 20.9 Å². The number of likely N-dealkylation sites (tertiary alicyclic amines) is 1. The van der Waals surface area contributed by atoms with E-state index in [1.165, 1.54) is 0 Å². The molecular weight excluding hydrogens is 518 g/mol. The number of para-hydroxylation sites is 1. The van der Waals surface area contributed by atoms with Crippen LogP contribution in [0.25, 0.3) is 11.1 Å². The lowest BCUT2D eigenvalue weighted by atomic mass is 10.0. The third-order valence-corrected chi connectivity index (χ3v) is 7.10. The summed E-state index contributed by atoms with van der Waals surface area (Å²) in [6.45, 7) is 3.71. The number of nitrogens with two attached hydrogens (primary N) is 1. The van der Waals surface area contributed by atoms with E-state index in [1.807, 2.05) is 78.9 Å². The molecule has 216 valence electrons. The standard InChI is InChI=1S/C32H39N5O4/c33-30(38)23-34-22-25-12-10-24(11-13-25)14-15-31(39)35-18-21-37-19-16-27(17-20-37)41-32(40)36-29-9-5-4-8-28(29)26-6-2-1-3-7-26/h1-13,27,34H,14-23H2,(H2,33,38)(H,35,39)(H,36,40). The highest BCUT2D eigenvalue weighted by Gasteiger charge is 2.22. The van der Waals surface area contributed by atoms with Crippen LogP contribution in [0, 0.1) is 0 Å². The van der Waals surface area contributed by atoms with Crippen molar-refractivity contribution in [1.82, 2.24) is 15.5 Å². The first kappa shape index (κ1) is 29.8. The Balaban J connectivity index is 1.09. The fourth-order valence-electron chi connectivity index (χ4n) is 4.86. The summed E-state index contributed by atoms with van der Waals surface area (Å²) in [6.07, 6.45) is 2.05. The summed E-state index contributed by atoms with van der Waals surface area (Å²) in [5, 5.41) is 8.90. The van der Waals surface area contributed by atoms with Gasteiger partial charge in [-0.2, -0.15) is 0 Å². The highest BCUT2D eigenvalue weighted by molar-refractivity contribution is 5.91. The molecular formula is C32H39N5O4. The summed E-state index contributed by atoms with van der Waals surface area (Å²) >= 11 is 0. The molecule has 0 aromatic heterocycles. The number of amides is 3. The minimum absolute atomic E-state index is 0.0304. The van der Waals surface area contributed by atoms with Gasteiger partial charge in [0.05, 0.1) is 12.2 Å². The molecule has 0 atom stereocenters. The normalized spacial score (nSPS) is 13.9. The lowest BCUT2D eigenvalue weighted by molar-refractivity contribution is -0.121. The molecule has 41 heavy (non-hydrogen) atoms. The molecule has 9 nitrogen and oxygen atoms in total. The number of carbonyl (C=O) groups excluding carboxylic acids is 3. The van der Waals surface area contributed by atoms with Crippen molar-refractivity contribution in [3.8, 4) is 11.1 Å². The molecule has 3 aromatic rings. The van der Waals surface area contributed by atoms with Gasteiger partial charge in [0.2, 0.25) is 11.8 Å². The van der Waals surface area contributed by atoms with Crippen LogP contribution in [-0.4, -0.2) is 61.6 Å². The SMILES string of the molecule is NC(=O)CNCc1ccc(CCC(=O)NCCN2CCC(OC(=O)Nc3ccccc3-c3ccccc3)CC2)cc1. The average molecular weight is 558 g/mol. The molecule has 5 N–H and O–H groups in total. The third kappa shape index (κ3) is 10.0. The monoisotopic (exact) mass is 557 g/mol. The summed E-state index contributed by atoms with van der Waals surface area (Å²) in [4.78, 5) is 38.0. The van der Waals surface area contributed by atoms with Gasteiger partial charge in [0.1, 0.15) is 6.10 Å². The Morgan fingerprint density at radius 2 is 1.56 bits per heavy atom. The maximum Gasteiger partial charge on any atom is 0.411 e. The molecule has 0 unspecified atom stereocenters. The van der Waals surface area contributed by atoms with Crippen molar-refractivity contribution in [2.24, 2.45) is 5.73 Å². The Kier molecular flexibility index (Phi) is 11.3. The number of hydrogen-bond acceptors (Lipinski definition) is 6. The van der Waals surface area contributed by atoms with Crippen molar-refractivity contribution < 1.29 is 19.1 Å². The molecule has 1 saturated heterocycles. The van der Waals surface area contributed by atoms with E-state index in [0.29, 0.717) is 25.9 Å². The minimum Gasteiger partial charge on any atom is -0.446 e. The van der Waals surface area contributed by atoms with Crippen LogP contribution in [0.5, 0.6) is 0 Å². The van der Waals surface area contributed by atoms with Crippen molar-refractivity contribution in [3.63, 3.8) is 0 Å². The van der Waals surface area contributed by atoms with Crippen molar-refractivity contribution in [2.75, 3.05) is 38.0 Å². The van der Waals surface area contributed by atoms with Gasteiger partial charge in [-0.3, -0.25) is 14.9 Å². The van der Waals surface area contributed by atoms with Gasteiger partial charge in [-0.15, -0.1) is 0 Å². The van der Waals surface area contributed by atoms with Gasteiger partial charge < -0.3 is 26.0 Å². The van der Waals surface area contributed by atoms with Crippen LogP contribution in [-0.2, 0) is 27.3 Å². The zero-order valence-electron chi connectivity index (χ0n) is 23.3. The van der Waals surface area contributed by atoms with Gasteiger partial charge in [-0.05, 0) is 42.0 Å². The van der Waals surface area contributed by atoms with Crippen molar-refractivity contribution in [3.05, 3.63) is 90.0 Å². The number of benzene rings is 3. The average Bonchev–Trinajstić information content (AvgIpc) is 2.98. The molecule has 0 saturated carbocycles. The van der Waals surface area contributed by atoms with E-state index in [0.717, 1.165) is 60.4 Å². The second kappa shape index (κ2) is 15.5. The Morgan fingerprint density at radius 1 is 0.878 bits per heavy atom. The highest BCUT2D eigenvalue weighted by Crippen LogP contribution is 2.28. The lowest BCUT2D eigenvalue weighted by Gasteiger charge is -2.31. The Morgan fingerprint density at radius 3 is 2.29 bits per heavy atom. The first-order valence-electron chi connectivity index (χ1n) is 14.1. The lowest BCUT2D eigenvalue weighted by Crippen LogP contribution is -2.42. The van der Waals surface area contributed by atoms with Gasteiger partial charge in [-0.1, -0.05) is 72.8 Å². The second-order valence-corrected chi connectivity index (χ2v) is 10.2. The number of aryl methyl sites for hydroxylation is 1. The van der Waals surface area contributed by atoms with Gasteiger partial charge in [0.15, 0.2) is 0 Å². The molecule has 9 heteroatoms. The molecule has 1 aliphatic heterocycles. The molecule has 3 amide bonds. The van der Waals surface area contributed by atoms with E-state index in [1.54, 1.807) is 0 Å². The molecule has 1 fully saturated rings. The molecule has 0 bridgehead atoms. The maximum absolute atomic E-state index is 12.6. The Labute approximate surface area is 241 Å². The van der Waals surface area contributed by atoms with Crippen molar-refractivity contribution in [2.45, 2.75) is 38.3 Å². The fraction of sp³-hybridized carbons (Fsp3) is 0.344. The number of hydrogen-bond donors (Lipinski definition) is 4.